The van der Waals surface area contributed by atoms with Crippen molar-refractivity contribution in [3.63, 3.8) is 0 Å². The number of hydrogen-bond acceptors (Lipinski definition) is 5. The van der Waals surface area contributed by atoms with Crippen LogP contribution in [0.2, 0.25) is 0 Å². The second-order valence-corrected chi connectivity index (χ2v) is 8.67. The van der Waals surface area contributed by atoms with E-state index >= 15 is 0 Å². The van der Waals surface area contributed by atoms with Crippen LogP contribution in [0, 0.1) is 5.41 Å². The average Bonchev–Trinajstić information content (AvgIpc) is 3.33. The lowest BCUT2D eigenvalue weighted by atomic mass is 10.1. The monoisotopic (exact) mass is 418 g/mol. The molecular weight excluding hydrogens is 396 g/mol. The van der Waals surface area contributed by atoms with Crippen LogP contribution >= 0.6 is 11.3 Å². The largest absolute Gasteiger partial charge is 0.510 e. The number of para-hydroxylation sites is 1. The van der Waals surface area contributed by atoms with Crippen molar-refractivity contribution in [2.75, 3.05) is 24.5 Å². The first-order valence-electron chi connectivity index (χ1n) is 10.2. The number of nitrogens with one attached hydrogen (secondary N) is 1. The molecule has 2 aromatic carbocycles. The highest BCUT2D eigenvalue weighted by molar-refractivity contribution is 7.19. The molecule has 0 radical (unpaired) electrons. The van der Waals surface area contributed by atoms with Gasteiger partial charge in [0.15, 0.2) is 0 Å². The molecule has 2 N–H and O–H groups in total. The van der Waals surface area contributed by atoms with Crippen molar-refractivity contribution in [2.45, 2.75) is 19.3 Å². The molecule has 3 aromatic rings. The molecule has 1 amide bonds. The standard InChI is InChI=1S/C23H22N4O2S/c24-21-20(22-25-17-6-2-3-7-19(17)30-22)18(28)14-27(21)16-10-8-15(9-11-16)23(29)26-12-4-1-5-13-26/h2-3,6-11,24,28H,1,4-5,12-14H2. The van der Waals surface area contributed by atoms with Gasteiger partial charge in [-0.05, 0) is 55.7 Å². The average molecular weight is 419 g/mol. The Kier molecular flexibility index (Phi) is 4.75. The number of likely N-dealkylation sites (tertiary alicyclic amines) is 1. The summed E-state index contributed by atoms with van der Waals surface area (Å²) in [5.41, 5.74) is 2.78. The van der Waals surface area contributed by atoms with Crippen LogP contribution in [-0.2, 0) is 0 Å². The van der Waals surface area contributed by atoms with E-state index in [2.05, 4.69) is 4.98 Å². The molecule has 0 saturated carbocycles. The molecule has 5 rings (SSSR count). The number of aliphatic hydroxyl groups is 1. The van der Waals surface area contributed by atoms with E-state index in [1.54, 1.807) is 4.90 Å². The summed E-state index contributed by atoms with van der Waals surface area (Å²) < 4.78 is 1.03. The minimum absolute atomic E-state index is 0.0638. The summed E-state index contributed by atoms with van der Waals surface area (Å²) >= 11 is 1.47. The number of benzene rings is 2. The van der Waals surface area contributed by atoms with Crippen LogP contribution in [0.3, 0.4) is 0 Å². The fourth-order valence-corrected chi connectivity index (χ4v) is 5.10. The lowest BCUT2D eigenvalue weighted by molar-refractivity contribution is 0.0724. The molecule has 3 heterocycles. The van der Waals surface area contributed by atoms with Crippen molar-refractivity contribution in [3.05, 3.63) is 64.9 Å². The summed E-state index contributed by atoms with van der Waals surface area (Å²) in [5.74, 6) is 0.433. The molecule has 1 fully saturated rings. The Morgan fingerprint density at radius 1 is 1.03 bits per heavy atom. The number of aliphatic hydroxyl groups excluding tert-OH is 1. The topological polar surface area (TPSA) is 80.5 Å². The van der Waals surface area contributed by atoms with E-state index in [1.165, 1.54) is 17.8 Å². The zero-order valence-electron chi connectivity index (χ0n) is 16.5. The van der Waals surface area contributed by atoms with Gasteiger partial charge in [-0.1, -0.05) is 12.1 Å². The van der Waals surface area contributed by atoms with Crippen LogP contribution in [0.4, 0.5) is 5.69 Å². The normalized spacial score (nSPS) is 17.3. The summed E-state index contributed by atoms with van der Waals surface area (Å²) in [6.07, 6.45) is 3.32. The summed E-state index contributed by atoms with van der Waals surface area (Å²) in [6.45, 7) is 1.87. The van der Waals surface area contributed by atoms with Gasteiger partial charge in [0, 0.05) is 24.3 Å². The third kappa shape index (κ3) is 3.25. The van der Waals surface area contributed by atoms with Gasteiger partial charge >= 0.3 is 0 Å². The van der Waals surface area contributed by atoms with E-state index < -0.39 is 0 Å². The number of rotatable bonds is 3. The number of hydrogen-bond donors (Lipinski definition) is 2. The second kappa shape index (κ2) is 7.57. The van der Waals surface area contributed by atoms with E-state index in [0.717, 1.165) is 41.8 Å². The maximum Gasteiger partial charge on any atom is 0.253 e. The molecule has 152 valence electrons. The highest BCUT2D eigenvalue weighted by atomic mass is 32.1. The quantitative estimate of drug-likeness (QED) is 0.647. The molecule has 0 unspecified atom stereocenters. The van der Waals surface area contributed by atoms with Crippen LogP contribution in [0.25, 0.3) is 15.8 Å². The molecular formula is C23H22N4O2S. The Morgan fingerprint density at radius 2 is 1.77 bits per heavy atom. The van der Waals surface area contributed by atoms with Gasteiger partial charge in [0.2, 0.25) is 0 Å². The van der Waals surface area contributed by atoms with Crippen molar-refractivity contribution in [1.82, 2.24) is 9.88 Å². The Labute approximate surface area is 178 Å². The summed E-state index contributed by atoms with van der Waals surface area (Å²) in [5, 5.41) is 19.9. The molecule has 7 heteroatoms. The van der Waals surface area contributed by atoms with Gasteiger partial charge < -0.3 is 14.9 Å². The fraction of sp³-hybridized carbons (Fsp3) is 0.261. The Morgan fingerprint density at radius 3 is 2.50 bits per heavy atom. The van der Waals surface area contributed by atoms with E-state index in [9.17, 15) is 9.90 Å². The maximum absolute atomic E-state index is 12.7. The zero-order chi connectivity index (χ0) is 20.7. The van der Waals surface area contributed by atoms with Gasteiger partial charge in [-0.2, -0.15) is 0 Å². The van der Waals surface area contributed by atoms with Crippen LogP contribution in [0.1, 0.15) is 34.6 Å². The summed E-state index contributed by atoms with van der Waals surface area (Å²) in [4.78, 5) is 20.9. The lowest BCUT2D eigenvalue weighted by Gasteiger charge is -2.27. The van der Waals surface area contributed by atoms with Gasteiger partial charge in [-0.3, -0.25) is 10.2 Å². The Bertz CT molecular complexity index is 1130. The summed E-state index contributed by atoms with van der Waals surface area (Å²) in [6, 6.07) is 15.1. The minimum atomic E-state index is 0.0638. The first-order valence-corrected chi connectivity index (χ1v) is 11.0. The molecule has 1 saturated heterocycles. The number of amidine groups is 1. The molecule has 0 atom stereocenters. The number of carbonyl (C=O) groups excluding carboxylic acids is 1. The number of fused-ring (bicyclic) bond motifs is 1. The third-order valence-electron chi connectivity index (χ3n) is 5.68. The fourth-order valence-electron chi connectivity index (χ4n) is 4.07. The van der Waals surface area contributed by atoms with E-state index in [1.807, 2.05) is 53.4 Å². The molecule has 1 aromatic heterocycles. The Hall–Kier alpha value is -3.19. The van der Waals surface area contributed by atoms with Crippen molar-refractivity contribution in [2.24, 2.45) is 0 Å². The highest BCUT2D eigenvalue weighted by Crippen LogP contribution is 2.35. The van der Waals surface area contributed by atoms with Crippen molar-refractivity contribution in [1.29, 1.82) is 5.41 Å². The van der Waals surface area contributed by atoms with Gasteiger partial charge in [0.25, 0.3) is 5.91 Å². The van der Waals surface area contributed by atoms with E-state index in [-0.39, 0.29) is 24.0 Å². The second-order valence-electron chi connectivity index (χ2n) is 7.64. The maximum atomic E-state index is 12.7. The van der Waals surface area contributed by atoms with Crippen LogP contribution < -0.4 is 4.90 Å². The van der Waals surface area contributed by atoms with Crippen LogP contribution in [0.15, 0.2) is 54.3 Å². The van der Waals surface area contributed by atoms with Gasteiger partial charge in [0.1, 0.15) is 16.6 Å². The smallest absolute Gasteiger partial charge is 0.253 e. The molecule has 0 aliphatic carbocycles. The molecule has 2 aliphatic rings. The van der Waals surface area contributed by atoms with Crippen molar-refractivity contribution < 1.29 is 9.90 Å². The van der Waals surface area contributed by atoms with Crippen LogP contribution in [0.5, 0.6) is 0 Å². The number of aromatic nitrogens is 1. The molecule has 6 nitrogen and oxygen atoms in total. The Balaban J connectivity index is 1.37. The first-order chi connectivity index (χ1) is 14.6. The van der Waals surface area contributed by atoms with E-state index in [4.69, 9.17) is 5.41 Å². The van der Waals surface area contributed by atoms with E-state index in [0.29, 0.717) is 16.1 Å². The molecule has 2 aliphatic heterocycles. The summed E-state index contributed by atoms with van der Waals surface area (Å²) in [7, 11) is 0. The number of thiazole rings is 1. The molecule has 0 bridgehead atoms. The molecule has 30 heavy (non-hydrogen) atoms. The molecule has 0 spiro atoms. The number of amides is 1. The van der Waals surface area contributed by atoms with Gasteiger partial charge in [-0.15, -0.1) is 11.3 Å². The predicted molar refractivity (Wildman–Crippen MR) is 120 cm³/mol. The minimum Gasteiger partial charge on any atom is -0.510 e. The third-order valence-corrected chi connectivity index (χ3v) is 6.73. The SMILES string of the molecule is N=C1C(c2nc3ccccc3s2)=C(O)CN1c1ccc(C(=O)N2CCCCC2)cc1. The highest BCUT2D eigenvalue weighted by Gasteiger charge is 2.31. The van der Waals surface area contributed by atoms with Crippen molar-refractivity contribution in [3.8, 4) is 0 Å². The predicted octanol–water partition coefficient (Wildman–Crippen LogP) is 4.69. The van der Waals surface area contributed by atoms with Gasteiger partial charge in [0.05, 0.1) is 22.3 Å². The number of piperidine rings is 1. The van der Waals surface area contributed by atoms with Gasteiger partial charge in [-0.25, -0.2) is 4.98 Å². The van der Waals surface area contributed by atoms with Crippen molar-refractivity contribution >= 4 is 44.6 Å². The number of anilines is 1. The van der Waals surface area contributed by atoms with Crippen LogP contribution in [-0.4, -0.2) is 46.4 Å². The lowest BCUT2D eigenvalue weighted by Crippen LogP contribution is -2.35. The first kappa shape index (κ1) is 18.8. The zero-order valence-corrected chi connectivity index (χ0v) is 17.3. The number of carbonyl (C=O) groups is 1. The number of nitrogens with zero attached hydrogens (tertiary/aromatic N) is 3.